The minimum absolute atomic E-state index is 0.820. The minimum atomic E-state index is 0.820. The normalized spacial score (nSPS) is 29.6. The predicted octanol–water partition coefficient (Wildman–Crippen LogP) is 2.11. The fourth-order valence-electron chi connectivity index (χ4n) is 2.83. The van der Waals surface area contributed by atoms with Crippen molar-refractivity contribution in [3.63, 3.8) is 0 Å². The number of hydrogen-bond donors (Lipinski definition) is 1. The summed E-state index contributed by atoms with van der Waals surface area (Å²) in [6.07, 6.45) is 5.66. The summed E-state index contributed by atoms with van der Waals surface area (Å²) in [5, 5.41) is 3.79. The number of likely N-dealkylation sites (tertiary alicyclic amines) is 1. The van der Waals surface area contributed by atoms with Crippen molar-refractivity contribution in [3.8, 4) is 0 Å². The van der Waals surface area contributed by atoms with Crippen LogP contribution in [0.3, 0.4) is 0 Å². The van der Waals surface area contributed by atoms with Gasteiger partial charge in [0.25, 0.3) is 0 Å². The average molecular weight is 210 g/mol. The molecule has 0 radical (unpaired) electrons. The van der Waals surface area contributed by atoms with Crippen LogP contribution in [0.25, 0.3) is 0 Å². The van der Waals surface area contributed by atoms with Crippen molar-refractivity contribution >= 4 is 0 Å². The molecule has 1 saturated carbocycles. The molecule has 1 aliphatic carbocycles. The molecule has 1 N–H and O–H groups in total. The maximum atomic E-state index is 3.79. The third kappa shape index (κ3) is 3.18. The number of rotatable bonds is 6. The Hall–Kier alpha value is -0.0800. The second kappa shape index (κ2) is 5.31. The van der Waals surface area contributed by atoms with Crippen molar-refractivity contribution < 1.29 is 0 Å². The Morgan fingerprint density at radius 1 is 1.27 bits per heavy atom. The molecular weight excluding hydrogens is 184 g/mol. The first kappa shape index (κ1) is 11.4. The monoisotopic (exact) mass is 210 g/mol. The van der Waals surface area contributed by atoms with Gasteiger partial charge in [-0.25, -0.2) is 0 Å². The Morgan fingerprint density at radius 3 is 2.60 bits per heavy atom. The first-order valence-electron chi connectivity index (χ1n) is 6.79. The molecule has 0 spiro atoms. The van der Waals surface area contributed by atoms with Gasteiger partial charge in [0.1, 0.15) is 0 Å². The van der Waals surface area contributed by atoms with Crippen LogP contribution >= 0.6 is 0 Å². The molecule has 15 heavy (non-hydrogen) atoms. The maximum absolute atomic E-state index is 3.79. The molecule has 2 aliphatic rings. The van der Waals surface area contributed by atoms with Crippen molar-refractivity contribution in [2.24, 2.45) is 11.8 Å². The molecule has 0 aromatic carbocycles. The maximum Gasteiger partial charge on any atom is 0.00928 e. The van der Waals surface area contributed by atoms with Crippen LogP contribution in [0.2, 0.25) is 0 Å². The number of nitrogens with zero attached hydrogens (tertiary/aromatic N) is 1. The SMILES string of the molecule is CCC(NCC1CCN(CC)C1)C1CC1. The highest BCUT2D eigenvalue weighted by Crippen LogP contribution is 2.34. The summed E-state index contributed by atoms with van der Waals surface area (Å²) in [4.78, 5) is 2.57. The highest BCUT2D eigenvalue weighted by atomic mass is 15.1. The van der Waals surface area contributed by atoms with Crippen LogP contribution in [0, 0.1) is 11.8 Å². The average Bonchev–Trinajstić information content (AvgIpc) is 2.98. The van der Waals surface area contributed by atoms with Gasteiger partial charge in [-0.2, -0.15) is 0 Å². The van der Waals surface area contributed by atoms with Crippen molar-refractivity contribution in [3.05, 3.63) is 0 Å². The van der Waals surface area contributed by atoms with Gasteiger partial charge in [-0.05, 0) is 57.2 Å². The van der Waals surface area contributed by atoms with Gasteiger partial charge in [0.2, 0.25) is 0 Å². The number of hydrogen-bond acceptors (Lipinski definition) is 2. The Bertz CT molecular complexity index is 189. The van der Waals surface area contributed by atoms with Gasteiger partial charge < -0.3 is 10.2 Å². The van der Waals surface area contributed by atoms with E-state index < -0.39 is 0 Å². The molecule has 0 amide bonds. The fraction of sp³-hybridized carbons (Fsp3) is 1.00. The van der Waals surface area contributed by atoms with Gasteiger partial charge >= 0.3 is 0 Å². The third-order valence-electron chi connectivity index (χ3n) is 4.12. The zero-order valence-electron chi connectivity index (χ0n) is 10.3. The quantitative estimate of drug-likeness (QED) is 0.722. The standard InChI is InChI=1S/C13H26N2/c1-3-13(12-5-6-12)14-9-11-7-8-15(4-2)10-11/h11-14H,3-10H2,1-2H3. The van der Waals surface area contributed by atoms with Gasteiger partial charge in [-0.15, -0.1) is 0 Å². The van der Waals surface area contributed by atoms with E-state index in [9.17, 15) is 0 Å². The topological polar surface area (TPSA) is 15.3 Å². The summed E-state index contributed by atoms with van der Waals surface area (Å²) in [6.45, 7) is 9.73. The summed E-state index contributed by atoms with van der Waals surface area (Å²) in [6, 6.07) is 0.820. The highest BCUT2D eigenvalue weighted by molar-refractivity contribution is 4.87. The molecule has 1 saturated heterocycles. The van der Waals surface area contributed by atoms with E-state index in [4.69, 9.17) is 0 Å². The Labute approximate surface area is 94.4 Å². The molecule has 2 heteroatoms. The molecule has 0 aromatic heterocycles. The molecule has 2 nitrogen and oxygen atoms in total. The van der Waals surface area contributed by atoms with E-state index in [1.165, 1.54) is 51.9 Å². The van der Waals surface area contributed by atoms with E-state index >= 15 is 0 Å². The molecule has 2 rings (SSSR count). The lowest BCUT2D eigenvalue weighted by Gasteiger charge is -2.19. The highest BCUT2D eigenvalue weighted by Gasteiger charge is 2.30. The smallest absolute Gasteiger partial charge is 0.00928 e. The van der Waals surface area contributed by atoms with Crippen molar-refractivity contribution in [1.29, 1.82) is 0 Å². The summed E-state index contributed by atoms with van der Waals surface area (Å²) < 4.78 is 0. The molecule has 0 bridgehead atoms. The van der Waals surface area contributed by atoms with E-state index in [-0.39, 0.29) is 0 Å². The molecule has 2 atom stereocenters. The van der Waals surface area contributed by atoms with E-state index in [2.05, 4.69) is 24.1 Å². The molecule has 88 valence electrons. The lowest BCUT2D eigenvalue weighted by molar-refractivity contribution is 0.330. The largest absolute Gasteiger partial charge is 0.313 e. The van der Waals surface area contributed by atoms with Gasteiger partial charge in [0.05, 0.1) is 0 Å². The van der Waals surface area contributed by atoms with Gasteiger partial charge in [-0.3, -0.25) is 0 Å². The van der Waals surface area contributed by atoms with E-state index in [0.29, 0.717) is 0 Å². The molecule has 2 fully saturated rings. The van der Waals surface area contributed by atoms with Crippen molar-refractivity contribution in [1.82, 2.24) is 10.2 Å². The van der Waals surface area contributed by atoms with Crippen molar-refractivity contribution in [2.45, 2.75) is 45.6 Å². The Morgan fingerprint density at radius 2 is 2.07 bits per heavy atom. The molecule has 1 aliphatic heterocycles. The summed E-state index contributed by atoms with van der Waals surface area (Å²) in [7, 11) is 0. The molecular formula is C13H26N2. The second-order valence-electron chi connectivity index (χ2n) is 5.31. The molecule has 2 unspecified atom stereocenters. The van der Waals surface area contributed by atoms with Crippen LogP contribution in [0.15, 0.2) is 0 Å². The first-order valence-corrected chi connectivity index (χ1v) is 6.79. The summed E-state index contributed by atoms with van der Waals surface area (Å²) >= 11 is 0. The second-order valence-corrected chi connectivity index (χ2v) is 5.31. The van der Waals surface area contributed by atoms with E-state index in [1.807, 2.05) is 0 Å². The van der Waals surface area contributed by atoms with Crippen LogP contribution in [-0.2, 0) is 0 Å². The third-order valence-corrected chi connectivity index (χ3v) is 4.12. The number of nitrogens with one attached hydrogen (secondary N) is 1. The van der Waals surface area contributed by atoms with Crippen LogP contribution < -0.4 is 5.32 Å². The lowest BCUT2D eigenvalue weighted by Crippen LogP contribution is -2.35. The Kier molecular flexibility index (Phi) is 4.04. The zero-order valence-corrected chi connectivity index (χ0v) is 10.3. The van der Waals surface area contributed by atoms with Crippen molar-refractivity contribution in [2.75, 3.05) is 26.2 Å². The van der Waals surface area contributed by atoms with Crippen LogP contribution in [0.4, 0.5) is 0 Å². The van der Waals surface area contributed by atoms with Gasteiger partial charge in [-0.1, -0.05) is 13.8 Å². The zero-order chi connectivity index (χ0) is 10.7. The fourth-order valence-corrected chi connectivity index (χ4v) is 2.83. The predicted molar refractivity (Wildman–Crippen MR) is 65.0 cm³/mol. The summed E-state index contributed by atoms with van der Waals surface area (Å²) in [5.74, 6) is 1.93. The Balaban J connectivity index is 1.64. The first-order chi connectivity index (χ1) is 7.33. The van der Waals surface area contributed by atoms with Gasteiger partial charge in [0, 0.05) is 12.6 Å². The lowest BCUT2D eigenvalue weighted by atomic mass is 10.1. The molecule has 0 aromatic rings. The van der Waals surface area contributed by atoms with Crippen LogP contribution in [-0.4, -0.2) is 37.1 Å². The van der Waals surface area contributed by atoms with E-state index in [0.717, 1.165) is 17.9 Å². The van der Waals surface area contributed by atoms with Crippen LogP contribution in [0.5, 0.6) is 0 Å². The molecule has 1 heterocycles. The minimum Gasteiger partial charge on any atom is -0.313 e. The van der Waals surface area contributed by atoms with Gasteiger partial charge in [0.15, 0.2) is 0 Å². The van der Waals surface area contributed by atoms with E-state index in [1.54, 1.807) is 0 Å². The summed E-state index contributed by atoms with van der Waals surface area (Å²) in [5.41, 5.74) is 0. The van der Waals surface area contributed by atoms with Crippen LogP contribution in [0.1, 0.15) is 39.5 Å².